The largest absolute Gasteiger partial charge is 0.497 e. The lowest BCUT2D eigenvalue weighted by atomic mass is 10.1. The van der Waals surface area contributed by atoms with Crippen molar-refractivity contribution < 1.29 is 24.2 Å². The smallest absolute Gasteiger partial charge is 0.326 e. The van der Waals surface area contributed by atoms with Crippen molar-refractivity contribution in [2.24, 2.45) is 5.92 Å². The molecule has 0 heterocycles. The van der Waals surface area contributed by atoms with Crippen LogP contribution in [0.15, 0.2) is 18.2 Å². The molecule has 0 aliphatic heterocycles. The van der Waals surface area contributed by atoms with Crippen LogP contribution in [-0.2, 0) is 16.0 Å². The highest BCUT2D eigenvalue weighted by molar-refractivity contribution is 5.83. The molecule has 0 bridgehead atoms. The first-order valence-corrected chi connectivity index (χ1v) is 8.26. The van der Waals surface area contributed by atoms with Gasteiger partial charge in [0.25, 0.3) is 0 Å². The van der Waals surface area contributed by atoms with E-state index in [0.29, 0.717) is 31.6 Å². The number of amides is 1. The molecular formula is C18H25NO5. The number of carbonyl (C=O) groups is 2. The van der Waals surface area contributed by atoms with Crippen LogP contribution in [0.3, 0.4) is 0 Å². The Morgan fingerprint density at radius 2 is 2.04 bits per heavy atom. The second-order valence-corrected chi connectivity index (χ2v) is 6.17. The summed E-state index contributed by atoms with van der Waals surface area (Å²) in [5.74, 6) is 0.738. The van der Waals surface area contributed by atoms with Crippen LogP contribution in [0.5, 0.6) is 11.5 Å². The summed E-state index contributed by atoms with van der Waals surface area (Å²) in [6, 6.07) is 4.82. The molecule has 0 saturated heterocycles. The Kier molecular flexibility index (Phi) is 6.46. The molecule has 6 heteroatoms. The van der Waals surface area contributed by atoms with Gasteiger partial charge in [-0.3, -0.25) is 4.79 Å². The van der Waals surface area contributed by atoms with E-state index in [4.69, 9.17) is 9.47 Å². The zero-order valence-electron chi connectivity index (χ0n) is 14.2. The fourth-order valence-electron chi connectivity index (χ4n) is 2.67. The normalized spacial score (nSPS) is 14.8. The lowest BCUT2D eigenvalue weighted by Crippen LogP contribution is -2.41. The van der Waals surface area contributed by atoms with E-state index in [1.807, 2.05) is 18.2 Å². The van der Waals surface area contributed by atoms with E-state index in [-0.39, 0.29) is 5.91 Å². The highest BCUT2D eigenvalue weighted by Crippen LogP contribution is 2.33. The van der Waals surface area contributed by atoms with E-state index in [9.17, 15) is 14.7 Å². The number of methoxy groups -OCH3 is 2. The molecule has 2 rings (SSSR count). The minimum Gasteiger partial charge on any atom is -0.497 e. The summed E-state index contributed by atoms with van der Waals surface area (Å²) < 4.78 is 10.5. The third-order valence-corrected chi connectivity index (χ3v) is 4.24. The monoisotopic (exact) mass is 335 g/mol. The first-order valence-electron chi connectivity index (χ1n) is 8.26. The molecule has 1 aliphatic carbocycles. The number of carboxylic acid groups (broad SMARTS) is 1. The molecule has 1 aliphatic rings. The van der Waals surface area contributed by atoms with Gasteiger partial charge in [0.2, 0.25) is 5.91 Å². The molecule has 1 fully saturated rings. The van der Waals surface area contributed by atoms with Crippen molar-refractivity contribution in [1.29, 1.82) is 0 Å². The van der Waals surface area contributed by atoms with Crippen LogP contribution in [0.4, 0.5) is 0 Å². The zero-order valence-corrected chi connectivity index (χ0v) is 14.2. The molecule has 1 unspecified atom stereocenters. The standard InChI is InChI=1S/C18H25NO5/c1-23-14-9-8-13(16(11-14)24-2)4-3-5-17(20)19-15(18(21)22)10-12-6-7-12/h8-9,11-12,15H,3-7,10H2,1-2H3,(H,19,20)(H,21,22). The van der Waals surface area contributed by atoms with E-state index < -0.39 is 12.0 Å². The van der Waals surface area contributed by atoms with Crippen molar-refractivity contribution in [3.05, 3.63) is 23.8 Å². The average molecular weight is 335 g/mol. The SMILES string of the molecule is COc1ccc(CCCC(=O)NC(CC2CC2)C(=O)O)c(OC)c1. The van der Waals surface area contributed by atoms with E-state index >= 15 is 0 Å². The van der Waals surface area contributed by atoms with E-state index in [0.717, 1.165) is 29.9 Å². The molecule has 0 aromatic heterocycles. The molecule has 1 saturated carbocycles. The van der Waals surface area contributed by atoms with E-state index in [2.05, 4.69) is 5.32 Å². The number of nitrogens with one attached hydrogen (secondary N) is 1. The number of hydrogen-bond acceptors (Lipinski definition) is 4. The molecule has 1 amide bonds. The summed E-state index contributed by atoms with van der Waals surface area (Å²) in [4.78, 5) is 23.2. The van der Waals surface area contributed by atoms with E-state index in [1.165, 1.54) is 0 Å². The fourth-order valence-corrected chi connectivity index (χ4v) is 2.67. The Balaban J connectivity index is 1.80. The predicted molar refractivity (Wildman–Crippen MR) is 89.4 cm³/mol. The van der Waals surface area contributed by atoms with Crippen molar-refractivity contribution in [2.75, 3.05) is 14.2 Å². The minimum absolute atomic E-state index is 0.212. The zero-order chi connectivity index (χ0) is 17.5. The number of carboxylic acids is 1. The third-order valence-electron chi connectivity index (χ3n) is 4.24. The van der Waals surface area contributed by atoms with Crippen LogP contribution in [0.1, 0.15) is 37.7 Å². The highest BCUT2D eigenvalue weighted by atomic mass is 16.5. The topological polar surface area (TPSA) is 84.9 Å². The summed E-state index contributed by atoms with van der Waals surface area (Å²) in [6.07, 6.45) is 4.27. The van der Waals surface area contributed by atoms with Crippen molar-refractivity contribution >= 4 is 11.9 Å². The molecular weight excluding hydrogens is 310 g/mol. The molecule has 132 valence electrons. The Morgan fingerprint density at radius 1 is 1.29 bits per heavy atom. The number of rotatable bonds is 10. The number of hydrogen-bond donors (Lipinski definition) is 2. The number of ether oxygens (including phenoxy) is 2. The van der Waals surface area contributed by atoms with Gasteiger partial charge in [0.05, 0.1) is 14.2 Å². The molecule has 0 radical (unpaired) electrons. The first-order chi connectivity index (χ1) is 11.5. The van der Waals surface area contributed by atoms with Gasteiger partial charge < -0.3 is 19.9 Å². The summed E-state index contributed by atoms with van der Waals surface area (Å²) in [5.41, 5.74) is 0.999. The second kappa shape index (κ2) is 8.57. The average Bonchev–Trinajstić information content (AvgIpc) is 3.38. The van der Waals surface area contributed by atoms with Gasteiger partial charge in [-0.1, -0.05) is 18.9 Å². The minimum atomic E-state index is -0.952. The van der Waals surface area contributed by atoms with E-state index in [1.54, 1.807) is 14.2 Å². The molecule has 0 spiro atoms. The van der Waals surface area contributed by atoms with Crippen molar-refractivity contribution in [3.8, 4) is 11.5 Å². The van der Waals surface area contributed by atoms with Gasteiger partial charge in [0, 0.05) is 12.5 Å². The lowest BCUT2D eigenvalue weighted by molar-refractivity contribution is -0.142. The maximum Gasteiger partial charge on any atom is 0.326 e. The maximum absolute atomic E-state index is 12.0. The Morgan fingerprint density at radius 3 is 2.62 bits per heavy atom. The number of carbonyl (C=O) groups excluding carboxylic acids is 1. The summed E-state index contributed by atoms with van der Waals surface area (Å²) in [5, 5.41) is 11.8. The van der Waals surface area contributed by atoms with Crippen molar-refractivity contribution in [3.63, 3.8) is 0 Å². The van der Waals surface area contributed by atoms with Gasteiger partial charge >= 0.3 is 5.97 Å². The lowest BCUT2D eigenvalue weighted by Gasteiger charge is -2.14. The summed E-state index contributed by atoms with van der Waals surface area (Å²) in [7, 11) is 3.19. The summed E-state index contributed by atoms with van der Waals surface area (Å²) in [6.45, 7) is 0. The van der Waals surface area contributed by atoms with Crippen LogP contribution in [0.25, 0.3) is 0 Å². The highest BCUT2D eigenvalue weighted by Gasteiger charge is 2.30. The molecule has 6 nitrogen and oxygen atoms in total. The van der Waals surface area contributed by atoms with Gasteiger partial charge in [0.15, 0.2) is 0 Å². The second-order valence-electron chi connectivity index (χ2n) is 6.17. The van der Waals surface area contributed by atoms with Gasteiger partial charge in [-0.2, -0.15) is 0 Å². The Bertz CT molecular complexity index is 583. The molecule has 1 atom stereocenters. The molecule has 2 N–H and O–H groups in total. The van der Waals surface area contributed by atoms with Gasteiger partial charge in [-0.25, -0.2) is 4.79 Å². The third kappa shape index (κ3) is 5.44. The van der Waals surface area contributed by atoms with Gasteiger partial charge in [0.1, 0.15) is 17.5 Å². The summed E-state index contributed by atoms with van der Waals surface area (Å²) >= 11 is 0. The molecule has 1 aromatic carbocycles. The Labute approximate surface area is 142 Å². The van der Waals surface area contributed by atoms with Crippen LogP contribution >= 0.6 is 0 Å². The van der Waals surface area contributed by atoms with Crippen molar-refractivity contribution in [2.45, 2.75) is 44.6 Å². The quantitative estimate of drug-likeness (QED) is 0.686. The van der Waals surface area contributed by atoms with Crippen LogP contribution in [0, 0.1) is 5.92 Å². The first kappa shape index (κ1) is 18.1. The van der Waals surface area contributed by atoms with Crippen molar-refractivity contribution in [1.82, 2.24) is 5.32 Å². The number of benzene rings is 1. The van der Waals surface area contributed by atoms with Gasteiger partial charge in [-0.15, -0.1) is 0 Å². The maximum atomic E-state index is 12.0. The fraction of sp³-hybridized carbons (Fsp3) is 0.556. The van der Waals surface area contributed by atoms with Crippen LogP contribution in [0.2, 0.25) is 0 Å². The molecule has 1 aromatic rings. The predicted octanol–water partition coefficient (Wildman–Crippen LogP) is 2.40. The number of aliphatic carboxylic acids is 1. The number of aryl methyl sites for hydroxylation is 1. The Hall–Kier alpha value is -2.24. The van der Waals surface area contributed by atoms with Crippen LogP contribution < -0.4 is 14.8 Å². The van der Waals surface area contributed by atoms with Crippen LogP contribution in [-0.4, -0.2) is 37.2 Å². The van der Waals surface area contributed by atoms with Gasteiger partial charge in [-0.05, 0) is 36.8 Å². The molecule has 24 heavy (non-hydrogen) atoms.